The van der Waals surface area contributed by atoms with Crippen LogP contribution in [0, 0.1) is 0 Å². The molecule has 0 radical (unpaired) electrons. The third-order valence-electron chi connectivity index (χ3n) is 2.43. The molecule has 1 aliphatic heterocycles. The van der Waals surface area contributed by atoms with Crippen LogP contribution >= 0.6 is 11.6 Å². The molecule has 1 heterocycles. The predicted molar refractivity (Wildman–Crippen MR) is 62.8 cm³/mol. The molecule has 0 aromatic carbocycles. The van der Waals surface area contributed by atoms with Crippen LogP contribution in [0.2, 0.25) is 0 Å². The van der Waals surface area contributed by atoms with E-state index in [2.05, 4.69) is 4.74 Å². The van der Waals surface area contributed by atoms with E-state index in [1.54, 1.807) is 20.8 Å². The van der Waals surface area contributed by atoms with Gasteiger partial charge in [-0.25, -0.2) is 9.59 Å². The molecule has 0 aromatic rings. The molecule has 0 N–H and O–H groups in total. The number of methoxy groups -OCH3 is 1. The molecule has 0 aliphatic carbocycles. The van der Waals surface area contributed by atoms with Gasteiger partial charge in [-0.15, -0.1) is 0 Å². The number of halogens is 1. The second-order valence-electron chi connectivity index (χ2n) is 4.99. The van der Waals surface area contributed by atoms with Crippen LogP contribution in [0.15, 0.2) is 0 Å². The van der Waals surface area contributed by atoms with Crippen molar-refractivity contribution in [2.45, 2.75) is 44.2 Å². The molecular formula is C11H18ClNO4. The molecule has 98 valence electrons. The Morgan fingerprint density at radius 1 is 1.35 bits per heavy atom. The van der Waals surface area contributed by atoms with Crippen LogP contribution in [0.4, 0.5) is 4.79 Å². The Kier molecular flexibility index (Phi) is 3.91. The van der Waals surface area contributed by atoms with Crippen molar-refractivity contribution in [3.63, 3.8) is 0 Å². The van der Waals surface area contributed by atoms with Crippen LogP contribution in [0.1, 0.15) is 33.6 Å². The Morgan fingerprint density at radius 3 is 2.41 bits per heavy atom. The number of likely N-dealkylation sites (tertiary alicyclic amines) is 1. The second-order valence-corrected chi connectivity index (χ2v) is 5.61. The molecule has 1 fully saturated rings. The van der Waals surface area contributed by atoms with Crippen molar-refractivity contribution in [1.29, 1.82) is 0 Å². The zero-order chi connectivity index (χ0) is 13.3. The molecule has 5 nitrogen and oxygen atoms in total. The Hall–Kier alpha value is -0.970. The maximum atomic E-state index is 11.9. The summed E-state index contributed by atoms with van der Waals surface area (Å²) in [6.07, 6.45) is 0.439. The van der Waals surface area contributed by atoms with Gasteiger partial charge in [0.2, 0.25) is 5.00 Å². The number of amides is 1. The summed E-state index contributed by atoms with van der Waals surface area (Å²) < 4.78 is 9.83. The summed E-state index contributed by atoms with van der Waals surface area (Å²) in [4.78, 5) is 23.3. The van der Waals surface area contributed by atoms with E-state index in [-0.39, 0.29) is 0 Å². The van der Waals surface area contributed by atoms with Gasteiger partial charge in [0.25, 0.3) is 0 Å². The minimum atomic E-state index is -1.42. The lowest BCUT2D eigenvalue weighted by Crippen LogP contribution is -2.50. The maximum absolute atomic E-state index is 11.9. The van der Waals surface area contributed by atoms with Crippen molar-refractivity contribution < 1.29 is 19.1 Å². The van der Waals surface area contributed by atoms with Crippen LogP contribution in [0.25, 0.3) is 0 Å². The van der Waals surface area contributed by atoms with Gasteiger partial charge in [0.1, 0.15) is 5.60 Å². The highest BCUT2D eigenvalue weighted by Crippen LogP contribution is 2.35. The van der Waals surface area contributed by atoms with Gasteiger partial charge in [0.05, 0.1) is 7.11 Å². The molecular weight excluding hydrogens is 246 g/mol. The van der Waals surface area contributed by atoms with Crippen LogP contribution in [0.5, 0.6) is 0 Å². The van der Waals surface area contributed by atoms with Crippen molar-refractivity contribution in [1.82, 2.24) is 4.90 Å². The summed E-state index contributed by atoms with van der Waals surface area (Å²) in [6.45, 7) is 5.67. The van der Waals surface area contributed by atoms with Crippen LogP contribution in [0.3, 0.4) is 0 Å². The smallest absolute Gasteiger partial charge is 0.412 e. The number of alkyl halides is 1. The zero-order valence-electron chi connectivity index (χ0n) is 10.6. The summed E-state index contributed by atoms with van der Waals surface area (Å²) in [5, 5.41) is 0. The highest BCUT2D eigenvalue weighted by atomic mass is 35.5. The molecule has 1 unspecified atom stereocenters. The van der Waals surface area contributed by atoms with Crippen LogP contribution < -0.4 is 0 Å². The maximum Gasteiger partial charge on any atom is 0.412 e. The monoisotopic (exact) mass is 263 g/mol. The van der Waals surface area contributed by atoms with Gasteiger partial charge >= 0.3 is 12.1 Å². The lowest BCUT2D eigenvalue weighted by molar-refractivity contribution is -0.148. The molecule has 1 saturated heterocycles. The van der Waals surface area contributed by atoms with Crippen molar-refractivity contribution >= 4 is 23.7 Å². The topological polar surface area (TPSA) is 55.8 Å². The fourth-order valence-electron chi connectivity index (χ4n) is 1.71. The zero-order valence-corrected chi connectivity index (χ0v) is 11.3. The molecule has 0 saturated carbocycles. The highest BCUT2D eigenvalue weighted by molar-refractivity contribution is 6.34. The number of hydrogen-bond acceptors (Lipinski definition) is 4. The Balaban J connectivity index is 2.83. The average molecular weight is 264 g/mol. The van der Waals surface area contributed by atoms with E-state index < -0.39 is 22.7 Å². The number of carbonyl (C=O) groups excluding carboxylic acids is 2. The van der Waals surface area contributed by atoms with Gasteiger partial charge in [0.15, 0.2) is 0 Å². The first-order chi connectivity index (χ1) is 7.70. The van der Waals surface area contributed by atoms with E-state index in [1.165, 1.54) is 12.0 Å². The molecule has 1 aliphatic rings. The average Bonchev–Trinajstić information content (AvgIpc) is 2.58. The van der Waals surface area contributed by atoms with E-state index in [1.807, 2.05) is 0 Å². The molecule has 17 heavy (non-hydrogen) atoms. The lowest BCUT2D eigenvalue weighted by atomic mass is 10.2. The first-order valence-corrected chi connectivity index (χ1v) is 5.86. The molecule has 1 atom stereocenters. The van der Waals surface area contributed by atoms with Crippen LogP contribution in [-0.4, -0.2) is 41.2 Å². The predicted octanol–water partition coefficient (Wildman–Crippen LogP) is 2.13. The van der Waals surface area contributed by atoms with Gasteiger partial charge in [-0.2, -0.15) is 0 Å². The number of nitrogens with zero attached hydrogens (tertiary/aromatic N) is 1. The van der Waals surface area contributed by atoms with E-state index in [0.717, 1.165) is 0 Å². The van der Waals surface area contributed by atoms with Gasteiger partial charge in [-0.3, -0.25) is 4.90 Å². The number of hydrogen-bond donors (Lipinski definition) is 0. The summed E-state index contributed by atoms with van der Waals surface area (Å²) in [5.74, 6) is -0.623. The fraction of sp³-hybridized carbons (Fsp3) is 0.818. The molecule has 0 aromatic heterocycles. The number of carbonyl (C=O) groups is 2. The molecule has 0 spiro atoms. The van der Waals surface area contributed by atoms with Gasteiger partial charge in [-0.1, -0.05) is 11.6 Å². The van der Waals surface area contributed by atoms with Gasteiger partial charge in [0, 0.05) is 6.54 Å². The number of esters is 1. The molecule has 0 bridgehead atoms. The minimum Gasteiger partial charge on any atom is -0.466 e. The third kappa shape index (κ3) is 3.03. The molecule has 1 amide bonds. The third-order valence-corrected chi connectivity index (χ3v) is 2.98. The Bertz CT molecular complexity index is 326. The minimum absolute atomic E-state index is 0.375. The first kappa shape index (κ1) is 14.1. The van der Waals surface area contributed by atoms with Gasteiger partial charge in [-0.05, 0) is 33.6 Å². The van der Waals surface area contributed by atoms with Crippen LogP contribution in [-0.2, 0) is 14.3 Å². The second kappa shape index (κ2) is 4.72. The first-order valence-electron chi connectivity index (χ1n) is 5.48. The van der Waals surface area contributed by atoms with E-state index >= 15 is 0 Å². The molecule has 1 rings (SSSR count). The Labute approximate surface area is 106 Å². The summed E-state index contributed by atoms with van der Waals surface area (Å²) in [6, 6.07) is 0. The van der Waals surface area contributed by atoms with Gasteiger partial charge < -0.3 is 9.47 Å². The quantitative estimate of drug-likeness (QED) is 0.413. The SMILES string of the molecule is COC(=O)C1(Cl)CCCN1C(=O)OC(C)(C)C. The fourth-order valence-corrected chi connectivity index (χ4v) is 2.07. The van der Waals surface area contributed by atoms with Crippen molar-refractivity contribution in [2.75, 3.05) is 13.7 Å². The summed E-state index contributed by atoms with van der Waals surface area (Å²) in [7, 11) is 1.25. The van der Waals surface area contributed by atoms with Crippen molar-refractivity contribution in [3.8, 4) is 0 Å². The van der Waals surface area contributed by atoms with E-state index in [0.29, 0.717) is 19.4 Å². The summed E-state index contributed by atoms with van der Waals surface area (Å²) >= 11 is 6.16. The normalized spacial score (nSPS) is 24.6. The van der Waals surface area contributed by atoms with Crippen molar-refractivity contribution in [3.05, 3.63) is 0 Å². The van der Waals surface area contributed by atoms with E-state index in [4.69, 9.17) is 16.3 Å². The Morgan fingerprint density at radius 2 is 1.94 bits per heavy atom. The number of ether oxygens (including phenoxy) is 2. The largest absolute Gasteiger partial charge is 0.466 e. The van der Waals surface area contributed by atoms with Crippen molar-refractivity contribution in [2.24, 2.45) is 0 Å². The standard InChI is InChI=1S/C11H18ClNO4/c1-10(2,3)17-9(15)13-7-5-6-11(13,12)8(14)16-4/h5-7H2,1-4H3. The summed E-state index contributed by atoms with van der Waals surface area (Å²) in [5.41, 5.74) is -0.617. The molecule has 6 heteroatoms. The lowest BCUT2D eigenvalue weighted by Gasteiger charge is -2.32. The van der Waals surface area contributed by atoms with E-state index in [9.17, 15) is 9.59 Å². The number of rotatable bonds is 1. The highest BCUT2D eigenvalue weighted by Gasteiger charge is 2.50.